The van der Waals surface area contributed by atoms with Crippen LogP contribution in [0, 0.1) is 0 Å². The number of rotatable bonds is 5. The fourth-order valence-corrected chi connectivity index (χ4v) is 3.01. The molecule has 0 heterocycles. The lowest BCUT2D eigenvalue weighted by Crippen LogP contribution is -1.95. The summed E-state index contributed by atoms with van der Waals surface area (Å²) in [6.45, 7) is 2.14. The highest BCUT2D eigenvalue weighted by Crippen LogP contribution is 2.35. The first kappa shape index (κ1) is 16.9. The first-order valence-electron chi connectivity index (χ1n) is 8.28. The van der Waals surface area contributed by atoms with Crippen molar-refractivity contribution in [2.45, 2.75) is 13.3 Å². The molecule has 0 saturated carbocycles. The maximum atomic E-state index is 9.60. The van der Waals surface area contributed by atoms with Gasteiger partial charge in [0.15, 0.2) is 0 Å². The fourth-order valence-electron chi connectivity index (χ4n) is 3.01. The summed E-state index contributed by atoms with van der Waals surface area (Å²) in [6.07, 6.45) is 0.865. The lowest BCUT2D eigenvalue weighted by molar-refractivity contribution is 0.475. The summed E-state index contributed by atoms with van der Waals surface area (Å²) in [4.78, 5) is 0. The Balaban J connectivity index is 2.22. The van der Waals surface area contributed by atoms with Gasteiger partial charge in [-0.1, -0.05) is 61.5 Å². The molecular weight excluding hydrogens is 307 g/mol. The molecule has 3 heteroatoms. The zero-order valence-electron chi connectivity index (χ0n) is 14.1. The van der Waals surface area contributed by atoms with Crippen molar-refractivity contribution in [1.29, 1.82) is 0 Å². The topological polar surface area (TPSA) is 29.5 Å². The van der Waals surface area contributed by atoms with Gasteiger partial charge < -0.3 is 9.76 Å². The maximum Gasteiger partial charge on any atom is 0.374 e. The molecule has 0 bridgehead atoms. The Hall–Kier alpha value is -2.94. The van der Waals surface area contributed by atoms with Gasteiger partial charge in [0.2, 0.25) is 0 Å². The molecule has 2 nitrogen and oxygen atoms in total. The largest absolute Gasteiger partial charge is 0.568 e. The second kappa shape index (κ2) is 7.76. The Morgan fingerprint density at radius 2 is 1.36 bits per heavy atom. The standard InChI is InChI=1S/C22H19BO2/c1-2-21(16-8-12-19(24)13-9-16)22(17-6-4-3-5-7-17)18-10-14-20(25-23)15-11-18/h3-15,24H,2H2,1H3/b22-21+. The molecule has 0 aliphatic rings. The molecule has 1 N–H and O–H groups in total. The van der Waals surface area contributed by atoms with Crippen molar-refractivity contribution in [1.82, 2.24) is 0 Å². The van der Waals surface area contributed by atoms with E-state index >= 15 is 0 Å². The van der Waals surface area contributed by atoms with Crippen LogP contribution in [0.2, 0.25) is 0 Å². The van der Waals surface area contributed by atoms with E-state index in [2.05, 4.69) is 19.1 Å². The van der Waals surface area contributed by atoms with E-state index in [-0.39, 0.29) is 5.75 Å². The highest BCUT2D eigenvalue weighted by molar-refractivity contribution is 6.00. The summed E-state index contributed by atoms with van der Waals surface area (Å²) in [5.74, 6) is 0.892. The molecule has 122 valence electrons. The SMILES string of the molecule is [B]Oc1ccc(/C(=C(\CC)c2ccc(O)cc2)c2ccccc2)cc1. The van der Waals surface area contributed by atoms with Gasteiger partial charge in [0.05, 0.1) is 5.75 Å². The Kier molecular flexibility index (Phi) is 5.25. The summed E-state index contributed by atoms with van der Waals surface area (Å²) in [5.41, 5.74) is 5.72. The molecule has 0 saturated heterocycles. The van der Waals surface area contributed by atoms with Crippen molar-refractivity contribution < 1.29 is 9.76 Å². The van der Waals surface area contributed by atoms with Crippen LogP contribution in [0.5, 0.6) is 11.5 Å². The molecule has 0 spiro atoms. The van der Waals surface area contributed by atoms with Crippen molar-refractivity contribution in [3.05, 3.63) is 95.6 Å². The van der Waals surface area contributed by atoms with Crippen LogP contribution in [0.4, 0.5) is 0 Å². The summed E-state index contributed by atoms with van der Waals surface area (Å²) in [5, 5.41) is 9.60. The van der Waals surface area contributed by atoms with Crippen LogP contribution in [0.1, 0.15) is 30.0 Å². The monoisotopic (exact) mass is 326 g/mol. The van der Waals surface area contributed by atoms with Crippen LogP contribution in [0.15, 0.2) is 78.9 Å². The number of hydrogen-bond donors (Lipinski definition) is 1. The second-order valence-electron chi connectivity index (χ2n) is 5.76. The minimum absolute atomic E-state index is 0.268. The number of benzene rings is 3. The van der Waals surface area contributed by atoms with Gasteiger partial charge in [-0.2, -0.15) is 0 Å². The van der Waals surface area contributed by atoms with Crippen molar-refractivity contribution in [2.75, 3.05) is 0 Å². The van der Waals surface area contributed by atoms with E-state index in [4.69, 9.17) is 12.7 Å². The number of allylic oxidation sites excluding steroid dienone is 1. The van der Waals surface area contributed by atoms with E-state index < -0.39 is 0 Å². The van der Waals surface area contributed by atoms with Gasteiger partial charge in [-0.3, -0.25) is 0 Å². The van der Waals surface area contributed by atoms with Crippen molar-refractivity contribution in [2.24, 2.45) is 0 Å². The maximum absolute atomic E-state index is 9.60. The molecule has 0 amide bonds. The third-order valence-electron chi connectivity index (χ3n) is 4.21. The smallest absolute Gasteiger partial charge is 0.374 e. The summed E-state index contributed by atoms with van der Waals surface area (Å²) in [6, 6.07) is 25.4. The molecular formula is C22H19BO2. The Bertz CT molecular complexity index is 851. The van der Waals surface area contributed by atoms with Gasteiger partial charge in [0.1, 0.15) is 5.75 Å². The Labute approximate surface area is 149 Å². The average Bonchev–Trinajstić information content (AvgIpc) is 2.68. The van der Waals surface area contributed by atoms with Crippen molar-refractivity contribution in [3.8, 4) is 11.5 Å². The zero-order valence-corrected chi connectivity index (χ0v) is 14.1. The second-order valence-corrected chi connectivity index (χ2v) is 5.76. The zero-order chi connectivity index (χ0) is 17.6. The van der Waals surface area contributed by atoms with Crippen molar-refractivity contribution in [3.63, 3.8) is 0 Å². The molecule has 0 aliphatic heterocycles. The summed E-state index contributed by atoms with van der Waals surface area (Å²) < 4.78 is 4.80. The first-order chi connectivity index (χ1) is 12.2. The number of aromatic hydroxyl groups is 1. The summed E-state index contributed by atoms with van der Waals surface area (Å²) in [7, 11) is 5.24. The van der Waals surface area contributed by atoms with Crippen molar-refractivity contribution >= 4 is 19.2 Å². The normalized spacial score (nSPS) is 11.7. The number of phenols is 1. The van der Waals surface area contributed by atoms with Gasteiger partial charge in [-0.25, -0.2) is 0 Å². The van der Waals surface area contributed by atoms with Crippen LogP contribution in [-0.4, -0.2) is 13.2 Å². The first-order valence-corrected chi connectivity index (χ1v) is 8.28. The molecule has 0 fully saturated rings. The average molecular weight is 326 g/mol. The number of phenolic OH excluding ortho intramolecular Hbond substituents is 1. The number of hydrogen-bond acceptors (Lipinski definition) is 2. The van der Waals surface area contributed by atoms with E-state index in [0.717, 1.165) is 28.7 Å². The highest BCUT2D eigenvalue weighted by Gasteiger charge is 2.13. The predicted octanol–water partition coefficient (Wildman–Crippen LogP) is 5.22. The lowest BCUT2D eigenvalue weighted by Gasteiger charge is -2.16. The van der Waals surface area contributed by atoms with Crippen LogP contribution < -0.4 is 4.65 Å². The molecule has 2 radical (unpaired) electrons. The fraction of sp³-hybridized carbons (Fsp3) is 0.0909. The van der Waals surface area contributed by atoms with E-state index in [0.29, 0.717) is 5.75 Å². The Morgan fingerprint density at radius 1 is 0.800 bits per heavy atom. The molecule has 3 aromatic rings. The van der Waals surface area contributed by atoms with Crippen LogP contribution in [0.3, 0.4) is 0 Å². The quantitative estimate of drug-likeness (QED) is 0.514. The van der Waals surface area contributed by atoms with Gasteiger partial charge in [0.25, 0.3) is 0 Å². The van der Waals surface area contributed by atoms with E-state index in [1.807, 2.05) is 54.6 Å². The lowest BCUT2D eigenvalue weighted by atomic mass is 9.88. The van der Waals surface area contributed by atoms with Crippen LogP contribution >= 0.6 is 0 Å². The van der Waals surface area contributed by atoms with E-state index in [1.165, 1.54) is 5.57 Å². The third-order valence-corrected chi connectivity index (χ3v) is 4.21. The van der Waals surface area contributed by atoms with Gasteiger partial charge in [-0.15, -0.1) is 0 Å². The molecule has 0 unspecified atom stereocenters. The minimum Gasteiger partial charge on any atom is -0.568 e. The van der Waals surface area contributed by atoms with Gasteiger partial charge in [0, 0.05) is 0 Å². The molecule has 0 aliphatic carbocycles. The van der Waals surface area contributed by atoms with Gasteiger partial charge in [-0.05, 0) is 58.5 Å². The van der Waals surface area contributed by atoms with Crippen LogP contribution in [-0.2, 0) is 0 Å². The van der Waals surface area contributed by atoms with E-state index in [9.17, 15) is 5.11 Å². The molecule has 3 aromatic carbocycles. The molecule has 0 atom stereocenters. The Morgan fingerprint density at radius 3 is 1.92 bits per heavy atom. The van der Waals surface area contributed by atoms with Crippen LogP contribution in [0.25, 0.3) is 11.1 Å². The molecule has 0 aromatic heterocycles. The van der Waals surface area contributed by atoms with Gasteiger partial charge >= 0.3 is 8.05 Å². The molecule has 3 rings (SSSR count). The molecule has 25 heavy (non-hydrogen) atoms. The highest BCUT2D eigenvalue weighted by atomic mass is 16.4. The predicted molar refractivity (Wildman–Crippen MR) is 104 cm³/mol. The summed E-state index contributed by atoms with van der Waals surface area (Å²) >= 11 is 0. The minimum atomic E-state index is 0.268. The third kappa shape index (κ3) is 3.77. The van der Waals surface area contributed by atoms with E-state index in [1.54, 1.807) is 12.1 Å².